The second-order valence-electron chi connectivity index (χ2n) is 2.60. The molecule has 74 valence electrons. The molecule has 0 aliphatic carbocycles. The molecule has 0 unspecified atom stereocenters. The van der Waals surface area contributed by atoms with Gasteiger partial charge in [-0.25, -0.2) is 0 Å². The largest absolute Gasteiger partial charge is 0.508 e. The number of allylic oxidation sites excluding steroid dienone is 4. The van der Waals surface area contributed by atoms with Crippen LogP contribution in [0.1, 0.15) is 13.8 Å². The van der Waals surface area contributed by atoms with Crippen molar-refractivity contribution in [2.75, 3.05) is 0 Å². The number of halogens is 3. The Bertz CT molecular complexity index is 261. The Morgan fingerprint density at radius 2 is 1.92 bits per heavy atom. The lowest BCUT2D eigenvalue weighted by Gasteiger charge is -2.09. The van der Waals surface area contributed by atoms with Crippen LogP contribution in [0, 0.1) is 0 Å². The maximum atomic E-state index is 12.6. The van der Waals surface area contributed by atoms with Gasteiger partial charge in [0, 0.05) is 28.2 Å². The SMILES string of the molecule is C=C/C(C)=C\C(O)=C(/C)C(F)(F)I. The van der Waals surface area contributed by atoms with Gasteiger partial charge in [-0.1, -0.05) is 12.7 Å². The first-order valence-corrected chi connectivity index (χ1v) is 4.64. The van der Waals surface area contributed by atoms with E-state index in [0.717, 1.165) is 22.6 Å². The quantitative estimate of drug-likeness (QED) is 0.362. The second-order valence-corrected chi connectivity index (χ2v) is 3.96. The Morgan fingerprint density at radius 1 is 1.46 bits per heavy atom. The summed E-state index contributed by atoms with van der Waals surface area (Å²) in [5.41, 5.74) is 0.284. The first-order chi connectivity index (χ1) is 5.79. The van der Waals surface area contributed by atoms with E-state index in [0.29, 0.717) is 5.57 Å². The molecule has 0 aliphatic rings. The van der Waals surface area contributed by atoms with Crippen molar-refractivity contribution in [1.29, 1.82) is 0 Å². The molecule has 0 bridgehead atoms. The number of rotatable bonds is 3. The zero-order valence-electron chi connectivity index (χ0n) is 7.44. The molecule has 0 spiro atoms. The van der Waals surface area contributed by atoms with Crippen molar-refractivity contribution >= 4 is 22.6 Å². The van der Waals surface area contributed by atoms with Crippen LogP contribution in [0.15, 0.2) is 35.6 Å². The minimum Gasteiger partial charge on any atom is -0.508 e. The number of alkyl halides is 3. The molecule has 0 radical (unpaired) electrons. The lowest BCUT2D eigenvalue weighted by molar-refractivity contribution is 0.163. The summed E-state index contributed by atoms with van der Waals surface area (Å²) in [6.07, 6.45) is 2.74. The van der Waals surface area contributed by atoms with Crippen LogP contribution in [-0.4, -0.2) is 9.04 Å². The third-order valence-corrected chi connectivity index (χ3v) is 2.30. The monoisotopic (exact) mass is 300 g/mol. The maximum Gasteiger partial charge on any atom is 0.321 e. The number of hydrogen-bond acceptors (Lipinski definition) is 1. The van der Waals surface area contributed by atoms with Crippen molar-refractivity contribution in [2.24, 2.45) is 0 Å². The molecule has 0 fully saturated rings. The van der Waals surface area contributed by atoms with Crippen LogP contribution < -0.4 is 0 Å². The molecule has 1 nitrogen and oxygen atoms in total. The van der Waals surface area contributed by atoms with Gasteiger partial charge in [-0.3, -0.25) is 0 Å². The lowest BCUT2D eigenvalue weighted by Crippen LogP contribution is -2.08. The summed E-state index contributed by atoms with van der Waals surface area (Å²) >= 11 is 0.970. The normalized spacial score (nSPS) is 15.3. The summed E-state index contributed by atoms with van der Waals surface area (Å²) in [5, 5.41) is 9.23. The molecule has 0 amide bonds. The summed E-state index contributed by atoms with van der Waals surface area (Å²) in [5.74, 6) is -0.406. The van der Waals surface area contributed by atoms with E-state index in [1.54, 1.807) is 6.92 Å². The number of hydrogen-bond donors (Lipinski definition) is 1. The fourth-order valence-corrected chi connectivity index (χ4v) is 0.804. The molecule has 0 heterocycles. The van der Waals surface area contributed by atoms with Gasteiger partial charge < -0.3 is 5.11 Å². The second kappa shape index (κ2) is 4.74. The van der Waals surface area contributed by atoms with E-state index in [9.17, 15) is 13.9 Å². The van der Waals surface area contributed by atoms with Crippen LogP contribution >= 0.6 is 22.6 Å². The van der Waals surface area contributed by atoms with Crippen molar-refractivity contribution in [2.45, 2.75) is 17.8 Å². The van der Waals surface area contributed by atoms with Gasteiger partial charge >= 0.3 is 3.93 Å². The Morgan fingerprint density at radius 3 is 2.23 bits per heavy atom. The molecular weight excluding hydrogens is 289 g/mol. The highest BCUT2D eigenvalue weighted by Crippen LogP contribution is 2.32. The van der Waals surface area contributed by atoms with Crippen molar-refractivity contribution in [3.8, 4) is 0 Å². The van der Waals surface area contributed by atoms with Gasteiger partial charge in [0.25, 0.3) is 0 Å². The Labute approximate surface area is 90.0 Å². The Balaban J connectivity index is 4.94. The average Bonchev–Trinajstić information content (AvgIpc) is 2.01. The molecule has 0 rings (SSSR count). The fraction of sp³-hybridized carbons (Fsp3) is 0.333. The van der Waals surface area contributed by atoms with Gasteiger partial charge in [0.15, 0.2) is 0 Å². The molecule has 0 atom stereocenters. The zero-order valence-corrected chi connectivity index (χ0v) is 9.60. The van der Waals surface area contributed by atoms with Crippen LogP contribution in [0.5, 0.6) is 0 Å². The summed E-state index contributed by atoms with van der Waals surface area (Å²) in [6.45, 7) is 6.30. The van der Waals surface area contributed by atoms with Gasteiger partial charge in [0.1, 0.15) is 5.76 Å². The van der Waals surface area contributed by atoms with E-state index in [4.69, 9.17) is 0 Å². The van der Waals surface area contributed by atoms with Crippen LogP contribution in [0.3, 0.4) is 0 Å². The van der Waals surface area contributed by atoms with Crippen molar-refractivity contribution in [3.05, 3.63) is 35.6 Å². The minimum absolute atomic E-state index is 0.352. The summed E-state index contributed by atoms with van der Waals surface area (Å²) in [7, 11) is 0. The number of aliphatic hydroxyl groups is 1. The Kier molecular flexibility index (Phi) is 4.60. The minimum atomic E-state index is -3.01. The van der Waals surface area contributed by atoms with E-state index < -0.39 is 9.69 Å². The smallest absolute Gasteiger partial charge is 0.321 e. The molecule has 0 aliphatic heterocycles. The molecule has 0 aromatic rings. The molecule has 0 saturated carbocycles. The highest BCUT2D eigenvalue weighted by atomic mass is 127. The predicted octanol–water partition coefficient (Wildman–Crippen LogP) is 3.98. The van der Waals surface area contributed by atoms with Crippen LogP contribution in [0.2, 0.25) is 0 Å². The van der Waals surface area contributed by atoms with Crippen LogP contribution in [0.25, 0.3) is 0 Å². The predicted molar refractivity (Wildman–Crippen MR) is 58.2 cm³/mol. The van der Waals surface area contributed by atoms with Gasteiger partial charge in [0.2, 0.25) is 0 Å². The summed E-state index contributed by atoms with van der Waals surface area (Å²) in [4.78, 5) is 0. The van der Waals surface area contributed by atoms with Gasteiger partial charge in [-0.05, 0) is 25.5 Å². The molecule has 4 heteroatoms. The van der Waals surface area contributed by atoms with Gasteiger partial charge in [-0.2, -0.15) is 8.78 Å². The lowest BCUT2D eigenvalue weighted by atomic mass is 10.2. The first-order valence-electron chi connectivity index (χ1n) is 3.56. The average molecular weight is 300 g/mol. The molecule has 0 aromatic carbocycles. The van der Waals surface area contributed by atoms with Gasteiger partial charge in [-0.15, -0.1) is 0 Å². The molecule has 0 aromatic heterocycles. The van der Waals surface area contributed by atoms with Gasteiger partial charge in [0.05, 0.1) is 0 Å². The molecule has 0 saturated heterocycles. The summed E-state index contributed by atoms with van der Waals surface area (Å²) < 4.78 is 22.3. The number of aliphatic hydroxyl groups excluding tert-OH is 1. The molecule has 1 N–H and O–H groups in total. The highest BCUT2D eigenvalue weighted by molar-refractivity contribution is 14.1. The standard InChI is InChI=1S/C9H11F2IO/c1-4-6(2)5-8(13)7(3)9(10,11)12/h4-5,13H,1H2,2-3H3/b6-5-,8-7-. The van der Waals surface area contributed by atoms with E-state index in [2.05, 4.69) is 6.58 Å². The topological polar surface area (TPSA) is 20.2 Å². The third kappa shape index (κ3) is 4.40. The van der Waals surface area contributed by atoms with Crippen molar-refractivity contribution < 1.29 is 13.9 Å². The van der Waals surface area contributed by atoms with Crippen LogP contribution in [-0.2, 0) is 0 Å². The molecular formula is C9H11F2IO. The molecule has 13 heavy (non-hydrogen) atoms. The van der Waals surface area contributed by atoms with E-state index >= 15 is 0 Å². The van der Waals surface area contributed by atoms with Crippen molar-refractivity contribution in [3.63, 3.8) is 0 Å². The third-order valence-electron chi connectivity index (χ3n) is 1.50. The van der Waals surface area contributed by atoms with E-state index in [-0.39, 0.29) is 5.57 Å². The van der Waals surface area contributed by atoms with E-state index in [1.165, 1.54) is 19.1 Å². The Hall–Kier alpha value is -0.390. The zero-order chi connectivity index (χ0) is 10.6. The van der Waals surface area contributed by atoms with Crippen LogP contribution in [0.4, 0.5) is 8.78 Å². The fourth-order valence-electron chi connectivity index (χ4n) is 0.528. The van der Waals surface area contributed by atoms with E-state index in [1.807, 2.05) is 0 Å². The van der Waals surface area contributed by atoms with Crippen molar-refractivity contribution in [1.82, 2.24) is 0 Å². The highest BCUT2D eigenvalue weighted by Gasteiger charge is 2.28. The first kappa shape index (κ1) is 12.6. The maximum absolute atomic E-state index is 12.6. The summed E-state index contributed by atoms with van der Waals surface area (Å²) in [6, 6.07) is 0.